The third-order valence-electron chi connectivity index (χ3n) is 6.42. The Morgan fingerprint density at radius 3 is 1.69 bits per heavy atom. The maximum absolute atomic E-state index is 5.92. The van der Waals surface area contributed by atoms with Crippen LogP contribution in [0.2, 0.25) is 0 Å². The van der Waals surface area contributed by atoms with Crippen LogP contribution >= 0.6 is 7.26 Å². The van der Waals surface area contributed by atoms with Crippen LogP contribution in [-0.4, -0.2) is 25.7 Å². The van der Waals surface area contributed by atoms with Crippen molar-refractivity contribution in [2.45, 2.75) is 51.2 Å². The van der Waals surface area contributed by atoms with Gasteiger partial charge in [-0.1, -0.05) is 61.0 Å². The van der Waals surface area contributed by atoms with Gasteiger partial charge in [0.25, 0.3) is 0 Å². The lowest BCUT2D eigenvalue weighted by Crippen LogP contribution is -2.33. The zero-order chi connectivity index (χ0) is 21.9. The molecule has 168 valence electrons. The fourth-order valence-corrected chi connectivity index (χ4v) is 9.15. The fourth-order valence-electron chi connectivity index (χ4n) is 4.74. The van der Waals surface area contributed by atoms with E-state index in [1.807, 2.05) is 0 Å². The first-order valence-corrected chi connectivity index (χ1v) is 14.2. The smallest absolute Gasteiger partial charge is 0.157 e. The Morgan fingerprint density at radius 2 is 1.19 bits per heavy atom. The minimum Gasteiger partial charge on any atom is -0.353 e. The summed E-state index contributed by atoms with van der Waals surface area (Å²) < 4.78 is 11.6. The third kappa shape index (κ3) is 5.87. The molecule has 0 spiro atoms. The van der Waals surface area contributed by atoms with E-state index in [1.54, 1.807) is 0 Å². The summed E-state index contributed by atoms with van der Waals surface area (Å²) in [4.78, 5) is 0. The molecule has 1 fully saturated rings. The second-order valence-corrected chi connectivity index (χ2v) is 12.2. The van der Waals surface area contributed by atoms with Crippen molar-refractivity contribution in [2.24, 2.45) is 0 Å². The molecule has 3 aromatic rings. The predicted octanol–water partition coefficient (Wildman–Crippen LogP) is 6.08. The summed E-state index contributed by atoms with van der Waals surface area (Å²) in [6.07, 6.45) is 9.50. The molecule has 0 saturated carbocycles. The van der Waals surface area contributed by atoms with E-state index in [9.17, 15) is 0 Å². The number of hydrogen-bond acceptors (Lipinski definition) is 2. The van der Waals surface area contributed by atoms with Crippen molar-refractivity contribution in [3.05, 3.63) is 91.0 Å². The molecule has 0 amide bonds. The molecular weight excluding hydrogens is 411 g/mol. The highest BCUT2D eigenvalue weighted by molar-refractivity contribution is 7.95. The second kappa shape index (κ2) is 12.3. The average molecular weight is 448 g/mol. The first-order valence-electron chi connectivity index (χ1n) is 12.2. The van der Waals surface area contributed by atoms with E-state index in [-0.39, 0.29) is 6.29 Å². The number of ether oxygens (including phenoxy) is 2. The zero-order valence-corrected chi connectivity index (χ0v) is 20.0. The van der Waals surface area contributed by atoms with Gasteiger partial charge in [0, 0.05) is 13.2 Å². The SMILES string of the molecule is c1ccc([P+](CCCCCCOC2CCCCO2)(c2ccccc2)c2ccccc2)cc1. The lowest BCUT2D eigenvalue weighted by atomic mass is 10.2. The van der Waals surface area contributed by atoms with Gasteiger partial charge in [0.2, 0.25) is 0 Å². The number of unbranched alkanes of at least 4 members (excludes halogenated alkanes) is 3. The maximum atomic E-state index is 5.92. The van der Waals surface area contributed by atoms with Gasteiger partial charge in [-0.2, -0.15) is 0 Å². The Kier molecular flexibility index (Phi) is 8.91. The first-order chi connectivity index (χ1) is 15.9. The summed E-state index contributed by atoms with van der Waals surface area (Å²) >= 11 is 0. The maximum Gasteiger partial charge on any atom is 0.157 e. The lowest BCUT2D eigenvalue weighted by molar-refractivity contribution is -0.162. The van der Waals surface area contributed by atoms with E-state index in [0.29, 0.717) is 0 Å². The summed E-state index contributed by atoms with van der Waals surface area (Å²) in [6.45, 7) is 1.68. The topological polar surface area (TPSA) is 18.5 Å². The summed E-state index contributed by atoms with van der Waals surface area (Å²) in [5.74, 6) is 0. The van der Waals surface area contributed by atoms with Crippen LogP contribution in [0.4, 0.5) is 0 Å². The van der Waals surface area contributed by atoms with E-state index in [1.165, 1.54) is 54.2 Å². The van der Waals surface area contributed by atoms with E-state index >= 15 is 0 Å². The average Bonchev–Trinajstić information content (AvgIpc) is 2.88. The number of hydrogen-bond donors (Lipinski definition) is 0. The molecule has 0 aromatic heterocycles. The van der Waals surface area contributed by atoms with Gasteiger partial charge < -0.3 is 9.47 Å². The normalized spacial score (nSPS) is 16.7. The molecule has 4 rings (SSSR count). The van der Waals surface area contributed by atoms with Crippen molar-refractivity contribution in [3.8, 4) is 0 Å². The van der Waals surface area contributed by atoms with Crippen molar-refractivity contribution in [3.63, 3.8) is 0 Å². The van der Waals surface area contributed by atoms with E-state index in [2.05, 4.69) is 91.0 Å². The van der Waals surface area contributed by atoms with Gasteiger partial charge in [0.15, 0.2) is 6.29 Å². The van der Waals surface area contributed by atoms with Crippen LogP contribution in [0.25, 0.3) is 0 Å². The minimum atomic E-state index is -1.68. The van der Waals surface area contributed by atoms with Gasteiger partial charge in [0.05, 0.1) is 6.16 Å². The monoisotopic (exact) mass is 447 g/mol. The summed E-state index contributed by atoms with van der Waals surface area (Å²) in [5, 5.41) is 4.44. The van der Waals surface area contributed by atoms with E-state index in [4.69, 9.17) is 9.47 Å². The molecule has 1 heterocycles. The van der Waals surface area contributed by atoms with Gasteiger partial charge in [-0.15, -0.1) is 0 Å². The molecule has 3 heteroatoms. The van der Waals surface area contributed by atoms with Gasteiger partial charge in [-0.3, -0.25) is 0 Å². The van der Waals surface area contributed by atoms with Crippen LogP contribution < -0.4 is 15.9 Å². The van der Waals surface area contributed by atoms with Crippen molar-refractivity contribution in [2.75, 3.05) is 19.4 Å². The third-order valence-corrected chi connectivity index (χ3v) is 10.9. The van der Waals surface area contributed by atoms with Crippen molar-refractivity contribution >= 4 is 23.2 Å². The van der Waals surface area contributed by atoms with Crippen LogP contribution in [0.3, 0.4) is 0 Å². The molecule has 1 unspecified atom stereocenters. The molecule has 3 aromatic carbocycles. The molecule has 32 heavy (non-hydrogen) atoms. The van der Waals surface area contributed by atoms with Gasteiger partial charge in [-0.25, -0.2) is 0 Å². The summed E-state index contributed by atoms with van der Waals surface area (Å²) in [7, 11) is -1.68. The predicted molar refractivity (Wildman–Crippen MR) is 138 cm³/mol. The molecule has 1 atom stereocenters. The van der Waals surface area contributed by atoms with E-state index < -0.39 is 7.26 Å². The zero-order valence-electron chi connectivity index (χ0n) is 19.1. The Labute approximate surface area is 194 Å². The molecule has 1 aliphatic rings. The molecule has 1 aliphatic heterocycles. The molecule has 0 radical (unpaired) electrons. The van der Waals surface area contributed by atoms with E-state index in [0.717, 1.165) is 26.1 Å². The molecular formula is C29H36O2P+. The van der Waals surface area contributed by atoms with Crippen LogP contribution in [0, 0.1) is 0 Å². The van der Waals surface area contributed by atoms with Gasteiger partial charge in [0.1, 0.15) is 23.2 Å². The Bertz CT molecular complexity index is 796. The number of rotatable bonds is 11. The molecule has 2 nitrogen and oxygen atoms in total. The molecule has 0 bridgehead atoms. The van der Waals surface area contributed by atoms with Crippen LogP contribution in [0.15, 0.2) is 91.0 Å². The largest absolute Gasteiger partial charge is 0.353 e. The highest BCUT2D eigenvalue weighted by Gasteiger charge is 2.44. The minimum absolute atomic E-state index is 0.0385. The van der Waals surface area contributed by atoms with Crippen LogP contribution in [0.5, 0.6) is 0 Å². The Morgan fingerprint density at radius 1 is 0.656 bits per heavy atom. The van der Waals surface area contributed by atoms with Crippen molar-refractivity contribution in [1.29, 1.82) is 0 Å². The number of benzene rings is 3. The first kappa shape index (κ1) is 23.2. The molecule has 0 N–H and O–H groups in total. The highest BCUT2D eigenvalue weighted by atomic mass is 31.2. The fraction of sp³-hybridized carbons (Fsp3) is 0.379. The standard InChI is InChI=1S/C29H36O2P/c1(13-23-30-29-22-12-14-24-31-29)2-15-25-32(26-16-6-3-7-17-26,27-18-8-4-9-19-27)28-20-10-5-11-21-28/h3-11,16-21,29H,1-2,12-15,22-25H2/q+1. The quantitative estimate of drug-likeness (QED) is 0.262. The van der Waals surface area contributed by atoms with Crippen LogP contribution in [-0.2, 0) is 9.47 Å². The van der Waals surface area contributed by atoms with Gasteiger partial charge >= 0.3 is 0 Å². The lowest BCUT2D eigenvalue weighted by Gasteiger charge is -2.27. The van der Waals surface area contributed by atoms with Crippen molar-refractivity contribution in [1.82, 2.24) is 0 Å². The molecule has 0 aliphatic carbocycles. The Hall–Kier alpha value is -1.99. The highest BCUT2D eigenvalue weighted by Crippen LogP contribution is 2.55. The Balaban J connectivity index is 1.44. The summed E-state index contributed by atoms with van der Waals surface area (Å²) in [5.41, 5.74) is 0. The van der Waals surface area contributed by atoms with Crippen LogP contribution in [0.1, 0.15) is 44.9 Å². The molecule has 1 saturated heterocycles. The summed E-state index contributed by atoms with van der Waals surface area (Å²) in [6, 6.07) is 33.6. The van der Waals surface area contributed by atoms with Crippen molar-refractivity contribution < 1.29 is 9.47 Å². The van der Waals surface area contributed by atoms with Gasteiger partial charge in [-0.05, 0) is 74.9 Å². The second-order valence-electron chi connectivity index (χ2n) is 8.62.